The van der Waals surface area contributed by atoms with Gasteiger partial charge in [-0.2, -0.15) is 0 Å². The molecule has 0 spiro atoms. The van der Waals surface area contributed by atoms with Crippen LogP contribution in [0.4, 0.5) is 4.39 Å². The molecule has 4 rings (SSSR count). The highest BCUT2D eigenvalue weighted by molar-refractivity contribution is 5.83. The lowest BCUT2D eigenvalue weighted by atomic mass is 10.1. The fraction of sp³-hybridized carbons (Fsp3) is 0.190. The van der Waals surface area contributed by atoms with Crippen LogP contribution >= 0.6 is 0 Å². The van der Waals surface area contributed by atoms with Gasteiger partial charge in [0.15, 0.2) is 5.96 Å². The number of hydrogen-bond donors (Lipinski definition) is 3. The molecule has 27 heavy (non-hydrogen) atoms. The van der Waals surface area contributed by atoms with Gasteiger partial charge in [-0.25, -0.2) is 4.39 Å². The van der Waals surface area contributed by atoms with Gasteiger partial charge >= 0.3 is 0 Å². The second kappa shape index (κ2) is 7.53. The molecule has 6 heteroatoms. The zero-order valence-corrected chi connectivity index (χ0v) is 15.1. The van der Waals surface area contributed by atoms with Gasteiger partial charge in [0.25, 0.3) is 0 Å². The number of nitrogens with one attached hydrogen (secondary N) is 3. The lowest BCUT2D eigenvalue weighted by molar-refractivity contribution is 0.538. The Labute approximate surface area is 156 Å². The maximum Gasteiger partial charge on any atom is 0.191 e. The Morgan fingerprint density at radius 1 is 1.15 bits per heavy atom. The number of aliphatic imine (C=N–C) groups is 1. The SMILES string of the molecule is CN=C(NCCc1c[nH]c2ccc(F)cc12)NCc1cc2ccccc2o1. The number of halogens is 1. The van der Waals surface area contributed by atoms with E-state index in [1.165, 1.54) is 6.07 Å². The number of aromatic nitrogens is 1. The van der Waals surface area contributed by atoms with Crippen LogP contribution in [-0.4, -0.2) is 24.5 Å². The third-order valence-electron chi connectivity index (χ3n) is 4.55. The molecule has 0 radical (unpaired) electrons. The van der Waals surface area contributed by atoms with Crippen LogP contribution in [0.15, 0.2) is 64.1 Å². The molecule has 0 aliphatic heterocycles. The van der Waals surface area contributed by atoms with E-state index < -0.39 is 0 Å². The van der Waals surface area contributed by atoms with Crippen LogP contribution in [0.5, 0.6) is 0 Å². The monoisotopic (exact) mass is 364 g/mol. The standard InChI is InChI=1S/C21H21FN4O/c1-23-21(26-13-17-10-14-4-2-3-5-20(14)27-17)24-9-8-15-12-25-19-7-6-16(22)11-18(15)19/h2-7,10-12,25H,8-9,13H2,1H3,(H2,23,24,26). The molecule has 0 saturated heterocycles. The molecule has 0 atom stereocenters. The lowest BCUT2D eigenvalue weighted by Gasteiger charge is -2.10. The van der Waals surface area contributed by atoms with Crippen molar-refractivity contribution in [1.82, 2.24) is 15.6 Å². The van der Waals surface area contributed by atoms with E-state index in [1.54, 1.807) is 19.2 Å². The molecule has 0 aliphatic carbocycles. The molecule has 5 nitrogen and oxygen atoms in total. The van der Waals surface area contributed by atoms with Crippen molar-refractivity contribution in [3.8, 4) is 0 Å². The highest BCUT2D eigenvalue weighted by Crippen LogP contribution is 2.20. The Hall–Kier alpha value is -3.28. The van der Waals surface area contributed by atoms with Gasteiger partial charge in [0.1, 0.15) is 17.2 Å². The molecule has 0 bridgehead atoms. The Balaban J connectivity index is 1.33. The first kappa shape index (κ1) is 17.1. The molecular weight excluding hydrogens is 343 g/mol. The number of fused-ring (bicyclic) bond motifs is 2. The number of aromatic amines is 1. The maximum atomic E-state index is 13.5. The first-order chi connectivity index (χ1) is 13.2. The van der Waals surface area contributed by atoms with Crippen molar-refractivity contribution in [2.75, 3.05) is 13.6 Å². The summed E-state index contributed by atoms with van der Waals surface area (Å²) >= 11 is 0. The predicted octanol–water partition coefficient (Wildman–Crippen LogP) is 3.96. The second-order valence-corrected chi connectivity index (χ2v) is 6.36. The van der Waals surface area contributed by atoms with Crippen molar-refractivity contribution < 1.29 is 8.81 Å². The van der Waals surface area contributed by atoms with Crippen LogP contribution in [0.3, 0.4) is 0 Å². The summed E-state index contributed by atoms with van der Waals surface area (Å²) in [6.07, 6.45) is 2.69. The molecule has 3 N–H and O–H groups in total. The van der Waals surface area contributed by atoms with Crippen LogP contribution < -0.4 is 10.6 Å². The highest BCUT2D eigenvalue weighted by Gasteiger charge is 2.07. The minimum Gasteiger partial charge on any atom is -0.459 e. The largest absolute Gasteiger partial charge is 0.459 e. The number of benzene rings is 2. The van der Waals surface area contributed by atoms with Gasteiger partial charge in [0, 0.05) is 36.1 Å². The first-order valence-corrected chi connectivity index (χ1v) is 8.90. The van der Waals surface area contributed by atoms with Gasteiger partial charge in [0.05, 0.1) is 6.54 Å². The molecule has 2 aromatic heterocycles. The molecule has 0 aliphatic rings. The Bertz CT molecular complexity index is 1060. The van der Waals surface area contributed by atoms with Gasteiger partial charge in [-0.05, 0) is 42.3 Å². The zero-order valence-electron chi connectivity index (χ0n) is 15.1. The number of hydrogen-bond acceptors (Lipinski definition) is 2. The summed E-state index contributed by atoms with van der Waals surface area (Å²) in [5.41, 5.74) is 2.90. The van der Waals surface area contributed by atoms with E-state index in [2.05, 4.69) is 20.6 Å². The van der Waals surface area contributed by atoms with Crippen LogP contribution in [0.1, 0.15) is 11.3 Å². The molecule has 138 valence electrons. The van der Waals surface area contributed by atoms with Gasteiger partial charge in [-0.1, -0.05) is 18.2 Å². The van der Waals surface area contributed by atoms with E-state index in [4.69, 9.17) is 4.42 Å². The number of H-pyrrole nitrogens is 1. The number of nitrogens with zero attached hydrogens (tertiary/aromatic N) is 1. The molecule has 2 aromatic carbocycles. The fourth-order valence-corrected chi connectivity index (χ4v) is 3.19. The van der Waals surface area contributed by atoms with Crippen molar-refractivity contribution in [2.45, 2.75) is 13.0 Å². The summed E-state index contributed by atoms with van der Waals surface area (Å²) in [4.78, 5) is 7.41. The summed E-state index contributed by atoms with van der Waals surface area (Å²) in [6.45, 7) is 1.23. The third-order valence-corrected chi connectivity index (χ3v) is 4.55. The molecule has 2 heterocycles. The topological polar surface area (TPSA) is 65.3 Å². The normalized spacial score (nSPS) is 12.0. The van der Waals surface area contributed by atoms with E-state index in [1.807, 2.05) is 36.5 Å². The number of para-hydroxylation sites is 1. The van der Waals surface area contributed by atoms with Gasteiger partial charge in [-0.3, -0.25) is 4.99 Å². The summed E-state index contributed by atoms with van der Waals surface area (Å²) < 4.78 is 19.3. The van der Waals surface area contributed by atoms with Crippen LogP contribution in [0.2, 0.25) is 0 Å². The van der Waals surface area contributed by atoms with E-state index in [9.17, 15) is 4.39 Å². The average Bonchev–Trinajstić information content (AvgIpc) is 3.28. The van der Waals surface area contributed by atoms with Crippen molar-refractivity contribution in [2.24, 2.45) is 4.99 Å². The van der Waals surface area contributed by atoms with Gasteiger partial charge in [0.2, 0.25) is 0 Å². The number of rotatable bonds is 5. The highest BCUT2D eigenvalue weighted by atomic mass is 19.1. The molecule has 4 aromatic rings. The summed E-state index contributed by atoms with van der Waals surface area (Å²) in [7, 11) is 1.73. The van der Waals surface area contributed by atoms with E-state index in [-0.39, 0.29) is 5.82 Å². The Morgan fingerprint density at radius 2 is 2.04 bits per heavy atom. The fourth-order valence-electron chi connectivity index (χ4n) is 3.19. The third kappa shape index (κ3) is 3.79. The quantitative estimate of drug-likeness (QED) is 0.371. The lowest BCUT2D eigenvalue weighted by Crippen LogP contribution is -2.37. The zero-order chi connectivity index (χ0) is 18.6. The van der Waals surface area contributed by atoms with Crippen molar-refractivity contribution in [1.29, 1.82) is 0 Å². The van der Waals surface area contributed by atoms with Crippen LogP contribution in [0.25, 0.3) is 21.9 Å². The minimum absolute atomic E-state index is 0.223. The molecule has 0 saturated carbocycles. The predicted molar refractivity (Wildman–Crippen MR) is 106 cm³/mol. The van der Waals surface area contributed by atoms with E-state index in [0.29, 0.717) is 19.0 Å². The Kier molecular flexibility index (Phi) is 4.78. The smallest absolute Gasteiger partial charge is 0.191 e. The first-order valence-electron chi connectivity index (χ1n) is 8.90. The molecule has 0 unspecified atom stereocenters. The van der Waals surface area contributed by atoms with Crippen molar-refractivity contribution >= 4 is 27.8 Å². The van der Waals surface area contributed by atoms with E-state index >= 15 is 0 Å². The molecule has 0 fully saturated rings. The second-order valence-electron chi connectivity index (χ2n) is 6.36. The average molecular weight is 364 g/mol. The van der Waals surface area contributed by atoms with Crippen molar-refractivity contribution in [3.63, 3.8) is 0 Å². The summed E-state index contributed by atoms with van der Waals surface area (Å²) in [6, 6.07) is 14.7. The molecule has 0 amide bonds. The minimum atomic E-state index is -0.223. The number of guanidine groups is 1. The molecular formula is C21H21FN4O. The van der Waals surface area contributed by atoms with E-state index in [0.717, 1.165) is 39.6 Å². The van der Waals surface area contributed by atoms with Gasteiger partial charge in [-0.15, -0.1) is 0 Å². The van der Waals surface area contributed by atoms with Crippen LogP contribution in [-0.2, 0) is 13.0 Å². The van der Waals surface area contributed by atoms with Gasteiger partial charge < -0.3 is 20.0 Å². The maximum absolute atomic E-state index is 13.5. The number of furan rings is 1. The summed E-state index contributed by atoms with van der Waals surface area (Å²) in [5, 5.41) is 8.54. The van der Waals surface area contributed by atoms with Crippen LogP contribution in [0, 0.1) is 5.82 Å². The van der Waals surface area contributed by atoms with Crippen molar-refractivity contribution in [3.05, 3.63) is 71.9 Å². The summed E-state index contributed by atoms with van der Waals surface area (Å²) in [5.74, 6) is 1.33. The Morgan fingerprint density at radius 3 is 2.89 bits per heavy atom.